The van der Waals surface area contributed by atoms with E-state index in [2.05, 4.69) is 4.40 Å². The maximum atomic E-state index is 12.8. The molecule has 1 aliphatic rings. The second-order valence-electron chi connectivity index (χ2n) is 5.74. The van der Waals surface area contributed by atoms with Crippen LogP contribution in [0.25, 0.3) is 0 Å². The fourth-order valence-electron chi connectivity index (χ4n) is 2.16. The van der Waals surface area contributed by atoms with Gasteiger partial charge >= 0.3 is 0 Å². The summed E-state index contributed by atoms with van der Waals surface area (Å²) >= 11 is 1.27. The number of hydrogen-bond donors (Lipinski definition) is 0. The number of carbonyl (C=O) groups is 1. The maximum absolute atomic E-state index is 12.8. The molecule has 118 valence electrons. The Labute approximate surface area is 140 Å². The van der Waals surface area contributed by atoms with Gasteiger partial charge in [0.15, 0.2) is 5.84 Å². The number of benzene rings is 2. The van der Waals surface area contributed by atoms with Crippen molar-refractivity contribution < 1.29 is 9.63 Å². The third kappa shape index (κ3) is 3.46. The lowest BCUT2D eigenvalue weighted by Gasteiger charge is -2.34. The lowest BCUT2D eigenvalue weighted by atomic mass is 10.1. The molecule has 0 bridgehead atoms. The zero-order valence-electron chi connectivity index (χ0n) is 13.1. The Kier molecular flexibility index (Phi) is 4.50. The average molecular weight is 326 g/mol. The van der Waals surface area contributed by atoms with E-state index in [0.717, 1.165) is 11.1 Å². The van der Waals surface area contributed by atoms with Crippen molar-refractivity contribution in [2.45, 2.75) is 25.2 Å². The van der Waals surface area contributed by atoms with Crippen LogP contribution in [0.15, 0.2) is 65.1 Å². The molecule has 0 atom stereocenters. The molecule has 2 aromatic carbocycles. The fourth-order valence-corrected chi connectivity index (χ4v) is 2.82. The molecule has 2 aromatic rings. The van der Waals surface area contributed by atoms with Gasteiger partial charge in [0.25, 0.3) is 5.91 Å². The Balaban J connectivity index is 1.87. The zero-order chi connectivity index (χ0) is 16.3. The van der Waals surface area contributed by atoms with Crippen LogP contribution in [0.1, 0.15) is 25.0 Å². The lowest BCUT2D eigenvalue weighted by molar-refractivity contribution is -0.168. The molecule has 4 nitrogen and oxygen atoms in total. The summed E-state index contributed by atoms with van der Waals surface area (Å²) in [6.45, 7) is 4.02. The van der Waals surface area contributed by atoms with Gasteiger partial charge in [-0.25, -0.2) is 0 Å². The van der Waals surface area contributed by atoms with E-state index in [1.165, 1.54) is 17.0 Å². The third-order valence-corrected chi connectivity index (χ3v) is 4.38. The van der Waals surface area contributed by atoms with E-state index in [9.17, 15) is 4.79 Å². The number of amidine groups is 1. The van der Waals surface area contributed by atoms with Crippen molar-refractivity contribution >= 4 is 23.7 Å². The number of amides is 1. The highest BCUT2D eigenvalue weighted by Crippen LogP contribution is 2.34. The highest BCUT2D eigenvalue weighted by Gasteiger charge is 2.40. The number of hydrogen-bond acceptors (Lipinski definition) is 4. The van der Waals surface area contributed by atoms with Crippen LogP contribution in [0.2, 0.25) is 0 Å². The standard InChI is InChI=1S/C18H18N2O2S/c1-18(2)17(21)20(22-13-14-9-5-3-6-10-14)16(19-23-18)15-11-7-4-8-12-15/h3-12H,13H2,1-2H3. The second-order valence-corrected chi connectivity index (χ2v) is 7.13. The largest absolute Gasteiger partial charge is 0.270 e. The first-order valence-corrected chi connectivity index (χ1v) is 8.18. The van der Waals surface area contributed by atoms with Crippen LogP contribution >= 0.6 is 11.9 Å². The topological polar surface area (TPSA) is 41.9 Å². The van der Waals surface area contributed by atoms with Gasteiger partial charge < -0.3 is 0 Å². The SMILES string of the molecule is CC1(C)SN=C(c2ccccc2)N(OCc2ccccc2)C1=O. The predicted octanol–water partition coefficient (Wildman–Crippen LogP) is 3.83. The first-order chi connectivity index (χ1) is 11.1. The number of rotatable bonds is 4. The summed E-state index contributed by atoms with van der Waals surface area (Å²) in [6.07, 6.45) is 0. The summed E-state index contributed by atoms with van der Waals surface area (Å²) in [5, 5.41) is 1.33. The molecule has 0 aromatic heterocycles. The van der Waals surface area contributed by atoms with E-state index >= 15 is 0 Å². The molecule has 0 fully saturated rings. The zero-order valence-corrected chi connectivity index (χ0v) is 13.9. The lowest BCUT2D eigenvalue weighted by Crippen LogP contribution is -2.49. The summed E-state index contributed by atoms with van der Waals surface area (Å²) in [4.78, 5) is 18.6. The third-order valence-electron chi connectivity index (χ3n) is 3.49. The van der Waals surface area contributed by atoms with Gasteiger partial charge in [-0.3, -0.25) is 9.63 Å². The molecule has 0 radical (unpaired) electrons. The van der Waals surface area contributed by atoms with Gasteiger partial charge in [-0.2, -0.15) is 9.46 Å². The Morgan fingerprint density at radius 1 is 1.04 bits per heavy atom. The minimum absolute atomic E-state index is 0.104. The van der Waals surface area contributed by atoms with Crippen molar-refractivity contribution in [1.29, 1.82) is 0 Å². The van der Waals surface area contributed by atoms with Crippen LogP contribution < -0.4 is 0 Å². The van der Waals surface area contributed by atoms with E-state index in [0.29, 0.717) is 12.4 Å². The molecule has 0 aliphatic carbocycles. The number of nitrogens with zero attached hydrogens (tertiary/aromatic N) is 2. The first-order valence-electron chi connectivity index (χ1n) is 7.41. The molecular formula is C18H18N2O2S. The van der Waals surface area contributed by atoms with Crippen LogP contribution in [-0.4, -0.2) is 21.6 Å². The molecule has 0 spiro atoms. The normalized spacial score (nSPS) is 17.0. The van der Waals surface area contributed by atoms with Gasteiger partial charge in [0, 0.05) is 5.56 Å². The van der Waals surface area contributed by atoms with E-state index in [1.807, 2.05) is 74.5 Å². The predicted molar refractivity (Wildman–Crippen MR) is 92.7 cm³/mol. The highest BCUT2D eigenvalue weighted by atomic mass is 32.2. The molecule has 0 N–H and O–H groups in total. The van der Waals surface area contributed by atoms with Crippen LogP contribution in [0.3, 0.4) is 0 Å². The number of carbonyl (C=O) groups excluding carboxylic acids is 1. The molecule has 5 heteroatoms. The Hall–Kier alpha value is -2.11. The number of hydroxylamine groups is 2. The molecule has 1 aliphatic heterocycles. The summed E-state index contributed by atoms with van der Waals surface area (Å²) < 4.78 is 3.87. The molecule has 0 saturated carbocycles. The van der Waals surface area contributed by atoms with Crippen LogP contribution in [0, 0.1) is 0 Å². The van der Waals surface area contributed by atoms with Crippen molar-refractivity contribution in [3.05, 3.63) is 71.8 Å². The Morgan fingerprint density at radius 3 is 2.30 bits per heavy atom. The molecular weight excluding hydrogens is 308 g/mol. The molecule has 1 heterocycles. The molecule has 0 saturated heterocycles. The smallest absolute Gasteiger partial charge is 0.269 e. The van der Waals surface area contributed by atoms with Crippen molar-refractivity contribution in [1.82, 2.24) is 5.06 Å². The summed E-state index contributed by atoms with van der Waals surface area (Å²) in [7, 11) is 0. The van der Waals surface area contributed by atoms with Gasteiger partial charge in [-0.15, -0.1) is 0 Å². The minimum Gasteiger partial charge on any atom is -0.270 e. The quantitative estimate of drug-likeness (QED) is 0.802. The summed E-state index contributed by atoms with van der Waals surface area (Å²) in [6, 6.07) is 19.4. The molecule has 23 heavy (non-hydrogen) atoms. The maximum Gasteiger partial charge on any atom is 0.269 e. The molecule has 1 amide bonds. The molecule has 3 rings (SSSR count). The van der Waals surface area contributed by atoms with Crippen molar-refractivity contribution in [2.75, 3.05) is 0 Å². The fraction of sp³-hybridized carbons (Fsp3) is 0.222. The Morgan fingerprint density at radius 2 is 1.65 bits per heavy atom. The van der Waals surface area contributed by atoms with Gasteiger partial charge in [0.1, 0.15) is 11.4 Å². The van der Waals surface area contributed by atoms with Gasteiger partial charge in [0.05, 0.1) is 0 Å². The van der Waals surface area contributed by atoms with Gasteiger partial charge in [-0.1, -0.05) is 60.7 Å². The second kappa shape index (κ2) is 6.56. The summed E-state index contributed by atoms with van der Waals surface area (Å²) in [5.74, 6) is 0.433. The first kappa shape index (κ1) is 15.8. The van der Waals surface area contributed by atoms with Crippen molar-refractivity contribution in [3.63, 3.8) is 0 Å². The van der Waals surface area contributed by atoms with Crippen LogP contribution in [-0.2, 0) is 16.2 Å². The monoisotopic (exact) mass is 326 g/mol. The van der Waals surface area contributed by atoms with Crippen LogP contribution in [0.5, 0.6) is 0 Å². The van der Waals surface area contributed by atoms with Gasteiger partial charge in [-0.05, 0) is 31.4 Å². The molecule has 0 unspecified atom stereocenters. The highest BCUT2D eigenvalue weighted by molar-refractivity contribution is 8.00. The van der Waals surface area contributed by atoms with E-state index in [-0.39, 0.29) is 5.91 Å². The van der Waals surface area contributed by atoms with E-state index in [1.54, 1.807) is 0 Å². The van der Waals surface area contributed by atoms with E-state index in [4.69, 9.17) is 4.84 Å². The van der Waals surface area contributed by atoms with Gasteiger partial charge in [0.2, 0.25) is 0 Å². The Bertz CT molecular complexity index is 714. The summed E-state index contributed by atoms with van der Waals surface area (Å²) in [5.41, 5.74) is 1.86. The minimum atomic E-state index is -0.644. The van der Waals surface area contributed by atoms with Crippen molar-refractivity contribution in [2.24, 2.45) is 4.40 Å². The average Bonchev–Trinajstić information content (AvgIpc) is 2.58. The van der Waals surface area contributed by atoms with Crippen LogP contribution in [0.4, 0.5) is 0 Å². The van der Waals surface area contributed by atoms with Crippen molar-refractivity contribution in [3.8, 4) is 0 Å². The van der Waals surface area contributed by atoms with E-state index < -0.39 is 4.75 Å².